The van der Waals surface area contributed by atoms with E-state index in [2.05, 4.69) is 39.6 Å². The van der Waals surface area contributed by atoms with Gasteiger partial charge in [-0.15, -0.1) is 11.3 Å². The summed E-state index contributed by atoms with van der Waals surface area (Å²) in [7, 11) is 1.94. The molecule has 118 valence electrons. The van der Waals surface area contributed by atoms with E-state index in [4.69, 9.17) is 0 Å². The molecule has 2 rings (SSSR count). The number of aromatic nitrogens is 1. The van der Waals surface area contributed by atoms with Crippen LogP contribution in [0.4, 0.5) is 0 Å². The van der Waals surface area contributed by atoms with Crippen LogP contribution in [-0.2, 0) is 6.42 Å². The van der Waals surface area contributed by atoms with Gasteiger partial charge in [-0.1, -0.05) is 34.6 Å². The summed E-state index contributed by atoms with van der Waals surface area (Å²) in [6.45, 7) is 11.4. The number of thiazole rings is 1. The van der Waals surface area contributed by atoms with E-state index < -0.39 is 0 Å². The van der Waals surface area contributed by atoms with E-state index in [1.54, 1.807) is 0 Å². The molecule has 1 amide bonds. The second-order valence-electron chi connectivity index (χ2n) is 7.97. The second kappa shape index (κ2) is 5.71. The van der Waals surface area contributed by atoms with Gasteiger partial charge >= 0.3 is 0 Å². The molecule has 1 aromatic rings. The first-order chi connectivity index (χ1) is 9.63. The summed E-state index contributed by atoms with van der Waals surface area (Å²) in [5.41, 5.74) is 0.580. The summed E-state index contributed by atoms with van der Waals surface area (Å²) >= 11 is 1.53. The fourth-order valence-corrected chi connectivity index (χ4v) is 4.78. The topological polar surface area (TPSA) is 33.2 Å². The summed E-state index contributed by atoms with van der Waals surface area (Å²) in [5, 5.41) is 0.635. The predicted octanol–water partition coefficient (Wildman–Crippen LogP) is 4.38. The summed E-state index contributed by atoms with van der Waals surface area (Å²) in [4.78, 5) is 20.1. The van der Waals surface area contributed by atoms with Crippen LogP contribution >= 0.6 is 11.3 Å². The van der Waals surface area contributed by atoms with Crippen molar-refractivity contribution >= 4 is 17.2 Å². The molecule has 0 aliphatic heterocycles. The minimum atomic E-state index is 0.0817. The number of amides is 1. The predicted molar refractivity (Wildman–Crippen MR) is 88.8 cm³/mol. The lowest BCUT2D eigenvalue weighted by Gasteiger charge is -2.47. The number of hydrogen-bond acceptors (Lipinski definition) is 3. The minimum absolute atomic E-state index is 0.0817. The molecule has 0 N–H and O–H groups in total. The van der Waals surface area contributed by atoms with Crippen molar-refractivity contribution in [2.24, 2.45) is 10.8 Å². The van der Waals surface area contributed by atoms with Crippen LogP contribution in [0.2, 0.25) is 0 Å². The minimum Gasteiger partial charge on any atom is -0.337 e. The molecule has 0 saturated heterocycles. The SMILES string of the molecule is CCc1cnc(C(=O)N(C)C2CC(C)(C)CC(C)(C)C2)s1. The third-order valence-corrected chi connectivity index (χ3v) is 5.62. The van der Waals surface area contributed by atoms with Gasteiger partial charge in [0.1, 0.15) is 0 Å². The van der Waals surface area contributed by atoms with Crippen LogP contribution in [0.5, 0.6) is 0 Å². The molecule has 0 atom stereocenters. The average Bonchev–Trinajstić information content (AvgIpc) is 2.81. The first-order valence-corrected chi connectivity index (χ1v) is 8.67. The first-order valence-electron chi connectivity index (χ1n) is 7.85. The zero-order chi connectivity index (χ0) is 15.8. The van der Waals surface area contributed by atoms with Crippen molar-refractivity contribution in [3.05, 3.63) is 16.1 Å². The van der Waals surface area contributed by atoms with E-state index in [0.29, 0.717) is 21.9 Å². The average molecular weight is 308 g/mol. The molecule has 0 bridgehead atoms. The number of aryl methyl sites for hydroxylation is 1. The highest BCUT2D eigenvalue weighted by Gasteiger charge is 2.41. The molecule has 3 nitrogen and oxygen atoms in total. The third-order valence-electron chi connectivity index (χ3n) is 4.49. The Hall–Kier alpha value is -0.900. The van der Waals surface area contributed by atoms with Gasteiger partial charge in [-0.2, -0.15) is 0 Å². The molecule has 1 saturated carbocycles. The van der Waals surface area contributed by atoms with Crippen molar-refractivity contribution in [3.63, 3.8) is 0 Å². The van der Waals surface area contributed by atoms with E-state index in [0.717, 1.165) is 19.3 Å². The van der Waals surface area contributed by atoms with E-state index in [1.807, 2.05) is 18.1 Å². The van der Waals surface area contributed by atoms with Crippen LogP contribution < -0.4 is 0 Å². The monoisotopic (exact) mass is 308 g/mol. The Labute approximate surface area is 132 Å². The van der Waals surface area contributed by atoms with Gasteiger partial charge in [-0.05, 0) is 36.5 Å². The smallest absolute Gasteiger partial charge is 0.282 e. The maximum atomic E-state index is 12.7. The molecule has 1 heterocycles. The highest BCUT2D eigenvalue weighted by Crippen LogP contribution is 2.47. The van der Waals surface area contributed by atoms with Gasteiger partial charge in [0.2, 0.25) is 0 Å². The zero-order valence-electron chi connectivity index (χ0n) is 14.2. The molecule has 0 spiro atoms. The van der Waals surface area contributed by atoms with Gasteiger partial charge in [0.25, 0.3) is 5.91 Å². The Kier molecular flexibility index (Phi) is 4.48. The number of rotatable bonds is 3. The van der Waals surface area contributed by atoms with Crippen LogP contribution in [-0.4, -0.2) is 28.9 Å². The molecular weight excluding hydrogens is 280 g/mol. The van der Waals surface area contributed by atoms with Gasteiger partial charge in [0, 0.05) is 24.2 Å². The Morgan fingerprint density at radius 3 is 2.38 bits per heavy atom. The molecule has 1 aliphatic rings. The van der Waals surface area contributed by atoms with Crippen LogP contribution in [0.1, 0.15) is 68.6 Å². The number of hydrogen-bond donors (Lipinski definition) is 0. The normalized spacial score (nSPS) is 21.2. The fraction of sp³-hybridized carbons (Fsp3) is 0.765. The second-order valence-corrected chi connectivity index (χ2v) is 9.08. The Morgan fingerprint density at radius 1 is 1.33 bits per heavy atom. The maximum absolute atomic E-state index is 12.7. The number of nitrogens with zero attached hydrogens (tertiary/aromatic N) is 2. The van der Waals surface area contributed by atoms with Crippen LogP contribution in [0.15, 0.2) is 6.20 Å². The lowest BCUT2D eigenvalue weighted by atomic mass is 9.63. The van der Waals surface area contributed by atoms with Gasteiger partial charge in [0.05, 0.1) is 0 Å². The van der Waals surface area contributed by atoms with E-state index in [9.17, 15) is 4.79 Å². The molecule has 21 heavy (non-hydrogen) atoms. The van der Waals surface area contributed by atoms with E-state index in [1.165, 1.54) is 22.6 Å². The van der Waals surface area contributed by atoms with Crippen LogP contribution in [0, 0.1) is 10.8 Å². The Balaban J connectivity index is 2.14. The Morgan fingerprint density at radius 2 is 1.90 bits per heavy atom. The lowest BCUT2D eigenvalue weighted by Crippen LogP contribution is -2.46. The zero-order valence-corrected chi connectivity index (χ0v) is 15.0. The molecule has 1 fully saturated rings. The molecule has 4 heteroatoms. The number of carbonyl (C=O) groups excluding carboxylic acids is 1. The van der Waals surface area contributed by atoms with Crippen molar-refractivity contribution in [1.29, 1.82) is 0 Å². The van der Waals surface area contributed by atoms with Gasteiger partial charge in [-0.25, -0.2) is 4.98 Å². The quantitative estimate of drug-likeness (QED) is 0.830. The van der Waals surface area contributed by atoms with E-state index >= 15 is 0 Å². The van der Waals surface area contributed by atoms with Crippen molar-refractivity contribution in [2.75, 3.05) is 7.05 Å². The largest absolute Gasteiger partial charge is 0.337 e. The molecule has 0 radical (unpaired) electrons. The van der Waals surface area contributed by atoms with Crippen molar-refractivity contribution in [2.45, 2.75) is 66.3 Å². The summed E-state index contributed by atoms with van der Waals surface area (Å²) in [5.74, 6) is 0.0817. The summed E-state index contributed by atoms with van der Waals surface area (Å²) in [6, 6.07) is 0.310. The molecule has 0 unspecified atom stereocenters. The van der Waals surface area contributed by atoms with Crippen LogP contribution in [0.25, 0.3) is 0 Å². The lowest BCUT2D eigenvalue weighted by molar-refractivity contribution is 0.0302. The Bertz CT molecular complexity index is 503. The van der Waals surface area contributed by atoms with Gasteiger partial charge in [0.15, 0.2) is 5.01 Å². The highest BCUT2D eigenvalue weighted by atomic mass is 32.1. The molecule has 1 aliphatic carbocycles. The summed E-state index contributed by atoms with van der Waals surface area (Å²) < 4.78 is 0. The number of carbonyl (C=O) groups is 1. The molecule has 0 aromatic carbocycles. The van der Waals surface area contributed by atoms with Gasteiger partial charge < -0.3 is 4.90 Å². The highest BCUT2D eigenvalue weighted by molar-refractivity contribution is 7.13. The van der Waals surface area contributed by atoms with Crippen molar-refractivity contribution in [3.8, 4) is 0 Å². The fourth-order valence-electron chi connectivity index (χ4n) is 3.95. The third kappa shape index (κ3) is 3.85. The van der Waals surface area contributed by atoms with E-state index in [-0.39, 0.29) is 5.91 Å². The maximum Gasteiger partial charge on any atom is 0.282 e. The standard InChI is InChI=1S/C17H28N2OS/c1-7-13-10-18-14(21-13)15(20)19(6)12-8-16(2,3)11-17(4,5)9-12/h10,12H,7-9,11H2,1-6H3. The summed E-state index contributed by atoms with van der Waals surface area (Å²) in [6.07, 6.45) is 6.14. The molecular formula is C17H28N2OS. The van der Waals surface area contributed by atoms with Crippen molar-refractivity contribution in [1.82, 2.24) is 9.88 Å². The van der Waals surface area contributed by atoms with Crippen LogP contribution in [0.3, 0.4) is 0 Å². The van der Waals surface area contributed by atoms with Gasteiger partial charge in [-0.3, -0.25) is 4.79 Å². The van der Waals surface area contributed by atoms with Crippen molar-refractivity contribution < 1.29 is 4.79 Å². The first kappa shape index (κ1) is 16.5. The molecule has 1 aromatic heterocycles.